The molecule has 3 aliphatic rings. The molecule has 0 radical (unpaired) electrons. The first-order valence-corrected chi connectivity index (χ1v) is 28.6. The Kier molecular flexibility index (Phi) is 20.6. The summed E-state index contributed by atoms with van der Waals surface area (Å²) in [5.41, 5.74) is 9.84. The zero-order valence-corrected chi connectivity index (χ0v) is 45.8. The minimum Gasteiger partial charge on any atom is -0.481 e. The highest BCUT2D eigenvalue weighted by atomic mass is 32.2. The minimum atomic E-state index is -4.54. The molecular weight excluding hydrogens is 1010 g/mol. The predicted molar refractivity (Wildman–Crippen MR) is 282 cm³/mol. The number of unbranched alkanes of at least 4 members (excludes halogenated alkanes) is 2. The number of carboxylic acid groups (broad SMARTS) is 1. The summed E-state index contributed by atoms with van der Waals surface area (Å²) in [7, 11) is -8.95. The summed E-state index contributed by atoms with van der Waals surface area (Å²) >= 11 is 0.933. The van der Waals surface area contributed by atoms with E-state index in [1.165, 1.54) is 24.3 Å². The lowest BCUT2D eigenvalue weighted by Gasteiger charge is -2.27. The van der Waals surface area contributed by atoms with Crippen LogP contribution in [0, 0.1) is 13.8 Å². The van der Waals surface area contributed by atoms with Gasteiger partial charge in [0.15, 0.2) is 5.71 Å². The molecule has 0 unspecified atom stereocenters. The number of anilines is 1. The number of benzene rings is 3. The van der Waals surface area contributed by atoms with Crippen molar-refractivity contribution in [2.24, 2.45) is 0 Å². The molecule has 17 nitrogen and oxygen atoms in total. The second-order valence-electron chi connectivity index (χ2n) is 19.7. The third kappa shape index (κ3) is 14.7. The lowest BCUT2D eigenvalue weighted by Crippen LogP contribution is -2.28. The minimum absolute atomic E-state index is 0.118. The van der Waals surface area contributed by atoms with Crippen LogP contribution in [0.3, 0.4) is 0 Å². The van der Waals surface area contributed by atoms with Crippen molar-refractivity contribution >= 4 is 55.3 Å². The zero-order chi connectivity index (χ0) is 53.8. The summed E-state index contributed by atoms with van der Waals surface area (Å²) < 4.78 is 93.3. The molecule has 0 bridgehead atoms. The van der Waals surface area contributed by atoms with E-state index in [2.05, 4.69) is 61.6 Å². The molecule has 3 aromatic carbocycles. The Morgan fingerprint density at radius 2 is 1.43 bits per heavy atom. The molecule has 0 spiro atoms. The first kappa shape index (κ1) is 58.7. The highest BCUT2D eigenvalue weighted by Gasteiger charge is 2.46. The van der Waals surface area contributed by atoms with Gasteiger partial charge in [-0.3, -0.25) is 18.7 Å². The standard InChI is InChI=1S/C54H70N2O15S3/c1-8-9-24-55-48(53(4,5)46-35-42(72-71-70-59)32-37(2)51(46)55)22-18-40-13-12-14-41(45(40)34-39-16-20-43(21-17-39)73(60,61)62)19-23-49-54(6,7)47-36-44(74(63,64)65)33-38(3)52(47)56(49)69-31-30-68-29-28-67-27-26-66-25-11-10-15-50(57)58/h16-23,32-33,35-36H,8-15,24-31,34H2,1-7H3,(H3-,57,58,59,60,61,62,63,64,65)/p+1. The SMILES string of the molecule is CCCC[N+]1=C(/C=C/C2=C(Cc3ccc(S(=O)(=O)O)cc3)C(=C/C=C3/N(OCCOCCOCCOCCCCC(=O)O)c4c(C)cc(S(=O)(=O)O)cc4C3(C)C)/CCC2)C(C)(C)c2cc(SOOO)cc(C)c21. The van der Waals surface area contributed by atoms with Crippen LogP contribution in [0.25, 0.3) is 0 Å². The van der Waals surface area contributed by atoms with Gasteiger partial charge in [0.25, 0.3) is 20.2 Å². The Balaban J connectivity index is 1.33. The van der Waals surface area contributed by atoms with Crippen molar-refractivity contribution in [3.8, 4) is 0 Å². The maximum absolute atomic E-state index is 12.5. The number of allylic oxidation sites excluding steroid dienone is 8. The van der Waals surface area contributed by atoms with Crippen molar-refractivity contribution in [2.45, 2.75) is 132 Å². The van der Waals surface area contributed by atoms with Gasteiger partial charge in [-0.1, -0.05) is 56.5 Å². The Morgan fingerprint density at radius 1 is 0.770 bits per heavy atom. The quantitative estimate of drug-likeness (QED) is 0.0132. The molecular formula is C54H71N2O15S3+. The van der Waals surface area contributed by atoms with E-state index >= 15 is 0 Å². The molecule has 1 aliphatic carbocycles. The Hall–Kier alpha value is -4.55. The van der Waals surface area contributed by atoms with E-state index in [9.17, 15) is 30.7 Å². The number of carboxylic acids is 1. The number of ether oxygens (including phenoxy) is 3. The van der Waals surface area contributed by atoms with Gasteiger partial charge in [0.2, 0.25) is 5.69 Å². The molecule has 0 amide bonds. The molecule has 74 heavy (non-hydrogen) atoms. The van der Waals surface area contributed by atoms with Gasteiger partial charge in [-0.05, 0) is 142 Å². The van der Waals surface area contributed by atoms with E-state index in [0.29, 0.717) is 69.1 Å². The zero-order valence-electron chi connectivity index (χ0n) is 43.3. The van der Waals surface area contributed by atoms with Crippen LogP contribution in [-0.4, -0.2) is 105 Å². The molecule has 4 N–H and O–H groups in total. The van der Waals surface area contributed by atoms with E-state index in [1.807, 2.05) is 26.0 Å². The number of aryl methyl sites for hydroxylation is 2. The number of nitrogens with zero attached hydrogens (tertiary/aromatic N) is 2. The second kappa shape index (κ2) is 26.0. The van der Waals surface area contributed by atoms with Crippen molar-refractivity contribution in [1.82, 2.24) is 0 Å². The summed E-state index contributed by atoms with van der Waals surface area (Å²) in [5, 5.41) is 23.3. The van der Waals surface area contributed by atoms with Crippen molar-refractivity contribution in [2.75, 3.05) is 57.9 Å². The van der Waals surface area contributed by atoms with Crippen LogP contribution in [0.15, 0.2) is 110 Å². The van der Waals surface area contributed by atoms with Crippen LogP contribution in [-0.2, 0) is 70.7 Å². The summed E-state index contributed by atoms with van der Waals surface area (Å²) in [6.45, 7) is 17.4. The van der Waals surface area contributed by atoms with Crippen LogP contribution in [0.1, 0.15) is 114 Å². The molecule has 0 fully saturated rings. The molecule has 0 saturated carbocycles. The lowest BCUT2D eigenvalue weighted by molar-refractivity contribution is -0.438. The van der Waals surface area contributed by atoms with E-state index in [4.69, 9.17) is 33.7 Å². The third-order valence-corrected chi connectivity index (χ3v) is 15.9. The largest absolute Gasteiger partial charge is 0.481 e. The number of hydrogen-bond donors (Lipinski definition) is 4. The van der Waals surface area contributed by atoms with Gasteiger partial charge in [-0.2, -0.15) is 21.4 Å². The molecule has 0 saturated heterocycles. The van der Waals surface area contributed by atoms with Crippen molar-refractivity contribution in [3.05, 3.63) is 123 Å². The van der Waals surface area contributed by atoms with Crippen LogP contribution in [0.5, 0.6) is 0 Å². The predicted octanol–water partition coefficient (Wildman–Crippen LogP) is 10.5. The number of rotatable bonds is 28. The van der Waals surface area contributed by atoms with E-state index in [1.54, 1.807) is 24.1 Å². The second-order valence-corrected chi connectivity index (χ2v) is 23.3. The van der Waals surface area contributed by atoms with Gasteiger partial charge in [0.1, 0.15) is 6.54 Å². The average molecular weight is 1080 g/mol. The molecule has 0 aromatic heterocycles. The topological polar surface area (TPSA) is 228 Å². The molecule has 6 rings (SSSR count). The maximum Gasteiger partial charge on any atom is 0.303 e. The lowest BCUT2D eigenvalue weighted by atomic mass is 9.79. The third-order valence-electron chi connectivity index (χ3n) is 13.6. The van der Waals surface area contributed by atoms with Crippen molar-refractivity contribution in [1.29, 1.82) is 0 Å². The van der Waals surface area contributed by atoms with E-state index in [-0.39, 0.29) is 29.4 Å². The first-order valence-electron chi connectivity index (χ1n) is 24.9. The molecule has 2 aliphatic heterocycles. The highest BCUT2D eigenvalue weighted by Crippen LogP contribution is 2.51. The monoisotopic (exact) mass is 1080 g/mol. The maximum atomic E-state index is 12.5. The molecule has 404 valence electrons. The van der Waals surface area contributed by atoms with E-state index < -0.39 is 37.0 Å². The fourth-order valence-corrected chi connectivity index (χ4v) is 11.4. The van der Waals surface area contributed by atoms with E-state index in [0.717, 1.165) is 106 Å². The summed E-state index contributed by atoms with van der Waals surface area (Å²) in [4.78, 5) is 17.6. The summed E-state index contributed by atoms with van der Waals surface area (Å²) in [6, 6.07) is 13.2. The molecule has 2 heterocycles. The highest BCUT2D eigenvalue weighted by molar-refractivity contribution is 7.94. The van der Waals surface area contributed by atoms with Crippen molar-refractivity contribution in [3.63, 3.8) is 0 Å². The first-order chi connectivity index (χ1) is 35.1. The fourth-order valence-electron chi connectivity index (χ4n) is 9.81. The van der Waals surface area contributed by atoms with Gasteiger partial charge >= 0.3 is 5.97 Å². The van der Waals surface area contributed by atoms with Gasteiger partial charge in [-0.15, -0.1) is 4.33 Å². The van der Waals surface area contributed by atoms with Gasteiger partial charge in [0, 0.05) is 47.0 Å². The number of carbonyl (C=O) groups is 1. The molecule has 20 heteroatoms. The Bertz CT molecular complexity index is 2890. The number of hydroxylamine groups is 1. The summed E-state index contributed by atoms with van der Waals surface area (Å²) in [5.74, 6) is -0.822. The Labute approximate surface area is 440 Å². The summed E-state index contributed by atoms with van der Waals surface area (Å²) in [6.07, 6.45) is 14.6. The van der Waals surface area contributed by atoms with Gasteiger partial charge < -0.3 is 19.3 Å². The van der Waals surface area contributed by atoms with Crippen LogP contribution < -0.4 is 5.06 Å². The smallest absolute Gasteiger partial charge is 0.303 e. The van der Waals surface area contributed by atoms with Gasteiger partial charge in [-0.25, -0.2) is 10.3 Å². The molecule has 3 aromatic rings. The van der Waals surface area contributed by atoms with Crippen molar-refractivity contribution < 1.29 is 74.1 Å². The number of hydrogen-bond acceptors (Lipinski definition) is 14. The normalized spacial score (nSPS) is 17.6. The number of aliphatic carboxylic acids is 1. The Morgan fingerprint density at radius 3 is 2.07 bits per heavy atom. The average Bonchev–Trinajstić information content (AvgIpc) is 3.69. The van der Waals surface area contributed by atoms with Crippen LogP contribution >= 0.6 is 12.0 Å². The number of fused-ring (bicyclic) bond motifs is 2. The van der Waals surface area contributed by atoms with Crippen LogP contribution in [0.2, 0.25) is 0 Å². The fraction of sp³-hybridized carbons (Fsp3) is 0.481. The van der Waals surface area contributed by atoms with Crippen LogP contribution in [0.4, 0.5) is 11.4 Å². The van der Waals surface area contributed by atoms with Gasteiger partial charge in [0.05, 0.1) is 78.3 Å². The molecule has 0 atom stereocenters.